The van der Waals surface area contributed by atoms with Gasteiger partial charge in [0.15, 0.2) is 0 Å². The highest BCUT2D eigenvalue weighted by Gasteiger charge is 2.39. The van der Waals surface area contributed by atoms with Crippen molar-refractivity contribution in [1.29, 1.82) is 0 Å². The summed E-state index contributed by atoms with van der Waals surface area (Å²) < 4.78 is 0. The third-order valence-electron chi connectivity index (χ3n) is 3.52. The van der Waals surface area contributed by atoms with Crippen LogP contribution < -0.4 is 11.5 Å². The lowest BCUT2D eigenvalue weighted by atomic mass is 9.77. The summed E-state index contributed by atoms with van der Waals surface area (Å²) in [6.07, 6.45) is 6.46. The number of nitrogens with two attached hydrogens (primary N) is 2. The molecule has 0 aromatic carbocycles. The average Bonchev–Trinajstić information content (AvgIpc) is 2.34. The van der Waals surface area contributed by atoms with Gasteiger partial charge in [0.1, 0.15) is 0 Å². The highest BCUT2D eigenvalue weighted by molar-refractivity contribution is 4.95. The monoisotopic (exact) mass is 154 g/mol. The van der Waals surface area contributed by atoms with Gasteiger partial charge in [0.2, 0.25) is 0 Å². The van der Waals surface area contributed by atoms with Crippen molar-refractivity contribution in [3.05, 3.63) is 0 Å². The van der Waals surface area contributed by atoms with Gasteiger partial charge in [-0.25, -0.2) is 0 Å². The second-order valence-corrected chi connectivity index (χ2v) is 4.17. The van der Waals surface area contributed by atoms with Crippen molar-refractivity contribution in [2.75, 3.05) is 0 Å². The van der Waals surface area contributed by atoms with Gasteiger partial charge in [-0.2, -0.15) is 0 Å². The Labute approximate surface area is 68.3 Å². The first-order valence-electron chi connectivity index (χ1n) is 4.80. The Bertz CT molecular complexity index is 144. The molecule has 11 heavy (non-hydrogen) atoms. The van der Waals surface area contributed by atoms with Gasteiger partial charge in [-0.1, -0.05) is 12.8 Å². The molecule has 0 aromatic heterocycles. The van der Waals surface area contributed by atoms with Crippen LogP contribution in [0.2, 0.25) is 0 Å². The normalized spacial score (nSPS) is 50.7. The molecule has 0 radical (unpaired) electrons. The van der Waals surface area contributed by atoms with E-state index in [4.69, 9.17) is 11.5 Å². The van der Waals surface area contributed by atoms with E-state index in [0.29, 0.717) is 18.0 Å². The standard InChI is InChI=1S/C9H18N2/c10-7-3-1-2-6-4-5-8(11)9(6)7/h6-9H,1-5,10-11H2/t6-,7+,8-,9-/m0/s1. The number of hydrogen-bond acceptors (Lipinski definition) is 2. The molecule has 0 aliphatic heterocycles. The molecule has 4 atom stereocenters. The van der Waals surface area contributed by atoms with E-state index in [2.05, 4.69) is 0 Å². The lowest BCUT2D eigenvalue weighted by molar-refractivity contribution is 0.224. The Hall–Kier alpha value is -0.0800. The molecule has 0 spiro atoms. The Balaban J connectivity index is 2.08. The van der Waals surface area contributed by atoms with Crippen LogP contribution >= 0.6 is 0 Å². The molecule has 2 aliphatic rings. The summed E-state index contributed by atoms with van der Waals surface area (Å²) in [7, 11) is 0. The minimum Gasteiger partial charge on any atom is -0.327 e. The third-order valence-corrected chi connectivity index (χ3v) is 3.52. The predicted molar refractivity (Wildman–Crippen MR) is 46.0 cm³/mol. The third kappa shape index (κ3) is 1.18. The molecule has 2 rings (SSSR count). The summed E-state index contributed by atoms with van der Waals surface area (Å²) >= 11 is 0. The molecule has 0 saturated heterocycles. The van der Waals surface area contributed by atoms with Gasteiger partial charge in [0.25, 0.3) is 0 Å². The van der Waals surface area contributed by atoms with Crippen LogP contribution in [-0.4, -0.2) is 12.1 Å². The lowest BCUT2D eigenvalue weighted by Gasteiger charge is -2.33. The first-order valence-corrected chi connectivity index (χ1v) is 4.80. The van der Waals surface area contributed by atoms with Crippen molar-refractivity contribution < 1.29 is 0 Å². The summed E-state index contributed by atoms with van der Waals surface area (Å²) in [5.74, 6) is 1.53. The first-order chi connectivity index (χ1) is 5.29. The topological polar surface area (TPSA) is 52.0 Å². The number of rotatable bonds is 0. The fraction of sp³-hybridized carbons (Fsp3) is 1.00. The minimum absolute atomic E-state index is 0.409. The van der Waals surface area contributed by atoms with Gasteiger partial charge in [0.05, 0.1) is 0 Å². The van der Waals surface area contributed by atoms with Crippen LogP contribution in [-0.2, 0) is 0 Å². The SMILES string of the molecule is N[C@@H]1CCC[C@H]2CC[C@H](N)[C@@H]21. The Kier molecular flexibility index (Phi) is 1.90. The van der Waals surface area contributed by atoms with E-state index in [1.54, 1.807) is 0 Å². The van der Waals surface area contributed by atoms with E-state index in [1.807, 2.05) is 0 Å². The van der Waals surface area contributed by atoms with Crippen LogP contribution in [0.3, 0.4) is 0 Å². The second kappa shape index (κ2) is 2.76. The Morgan fingerprint density at radius 3 is 2.27 bits per heavy atom. The van der Waals surface area contributed by atoms with Crippen molar-refractivity contribution in [1.82, 2.24) is 0 Å². The van der Waals surface area contributed by atoms with Crippen LogP contribution in [0.5, 0.6) is 0 Å². The molecular weight excluding hydrogens is 136 g/mol. The zero-order valence-electron chi connectivity index (χ0n) is 7.00. The van der Waals surface area contributed by atoms with Gasteiger partial charge in [0, 0.05) is 12.1 Å². The highest BCUT2D eigenvalue weighted by Crippen LogP contribution is 2.40. The van der Waals surface area contributed by atoms with Gasteiger partial charge >= 0.3 is 0 Å². The molecule has 4 N–H and O–H groups in total. The summed E-state index contributed by atoms with van der Waals surface area (Å²) in [6, 6.07) is 0.821. The predicted octanol–water partition coefficient (Wildman–Crippen LogP) is 0.851. The van der Waals surface area contributed by atoms with Crippen molar-refractivity contribution in [3.63, 3.8) is 0 Å². The van der Waals surface area contributed by atoms with Crippen molar-refractivity contribution >= 4 is 0 Å². The van der Waals surface area contributed by atoms with E-state index in [-0.39, 0.29) is 0 Å². The van der Waals surface area contributed by atoms with Crippen LogP contribution in [0.4, 0.5) is 0 Å². The van der Waals surface area contributed by atoms with Crippen molar-refractivity contribution in [2.45, 2.75) is 44.2 Å². The molecule has 2 aliphatic carbocycles. The van der Waals surface area contributed by atoms with Gasteiger partial charge < -0.3 is 11.5 Å². The van der Waals surface area contributed by atoms with Crippen LogP contribution in [0.25, 0.3) is 0 Å². The molecule has 0 bridgehead atoms. The quantitative estimate of drug-likeness (QED) is 0.543. The first kappa shape index (κ1) is 7.56. The summed E-state index contributed by atoms with van der Waals surface area (Å²) in [5.41, 5.74) is 12.0. The van der Waals surface area contributed by atoms with Crippen molar-refractivity contribution in [3.8, 4) is 0 Å². The smallest absolute Gasteiger partial charge is 0.00846 e. The van der Waals surface area contributed by atoms with E-state index in [1.165, 1.54) is 32.1 Å². The van der Waals surface area contributed by atoms with E-state index < -0.39 is 0 Å². The summed E-state index contributed by atoms with van der Waals surface area (Å²) in [6.45, 7) is 0. The molecule has 2 nitrogen and oxygen atoms in total. The second-order valence-electron chi connectivity index (χ2n) is 4.17. The largest absolute Gasteiger partial charge is 0.327 e. The summed E-state index contributed by atoms with van der Waals surface area (Å²) in [5, 5.41) is 0. The fourth-order valence-corrected chi connectivity index (χ4v) is 2.95. The van der Waals surface area contributed by atoms with E-state index in [0.717, 1.165) is 5.92 Å². The molecule has 2 fully saturated rings. The minimum atomic E-state index is 0.409. The molecule has 2 saturated carbocycles. The fourth-order valence-electron chi connectivity index (χ4n) is 2.95. The van der Waals surface area contributed by atoms with Gasteiger partial charge in [-0.05, 0) is 31.1 Å². The zero-order valence-corrected chi connectivity index (χ0v) is 7.00. The van der Waals surface area contributed by atoms with Crippen LogP contribution in [0.1, 0.15) is 32.1 Å². The van der Waals surface area contributed by atoms with Crippen molar-refractivity contribution in [2.24, 2.45) is 23.3 Å². The lowest BCUT2D eigenvalue weighted by Crippen LogP contribution is -2.44. The molecule has 0 unspecified atom stereocenters. The Morgan fingerprint density at radius 1 is 0.818 bits per heavy atom. The molecular formula is C9H18N2. The Morgan fingerprint density at radius 2 is 1.55 bits per heavy atom. The number of fused-ring (bicyclic) bond motifs is 1. The van der Waals surface area contributed by atoms with E-state index >= 15 is 0 Å². The zero-order chi connectivity index (χ0) is 7.84. The maximum Gasteiger partial charge on any atom is 0.00846 e. The molecule has 0 aromatic rings. The summed E-state index contributed by atoms with van der Waals surface area (Å²) in [4.78, 5) is 0. The molecule has 0 amide bonds. The number of hydrogen-bond donors (Lipinski definition) is 2. The molecule has 2 heteroatoms. The molecule has 64 valence electrons. The maximum atomic E-state index is 6.03. The van der Waals surface area contributed by atoms with E-state index in [9.17, 15) is 0 Å². The van der Waals surface area contributed by atoms with Gasteiger partial charge in [-0.3, -0.25) is 0 Å². The van der Waals surface area contributed by atoms with Crippen LogP contribution in [0.15, 0.2) is 0 Å². The molecule has 0 heterocycles. The highest BCUT2D eigenvalue weighted by atomic mass is 14.8. The van der Waals surface area contributed by atoms with Crippen LogP contribution in [0, 0.1) is 11.8 Å². The maximum absolute atomic E-state index is 6.03. The average molecular weight is 154 g/mol. The van der Waals surface area contributed by atoms with Gasteiger partial charge in [-0.15, -0.1) is 0 Å².